The van der Waals surface area contributed by atoms with Crippen molar-refractivity contribution < 1.29 is 13.2 Å². The Morgan fingerprint density at radius 3 is 2.57 bits per heavy atom. The topological polar surface area (TPSA) is 99.9 Å². The summed E-state index contributed by atoms with van der Waals surface area (Å²) >= 11 is 6.19. The van der Waals surface area contributed by atoms with E-state index in [4.69, 9.17) is 21.7 Å². The molecule has 11 heteroatoms. The Balaban J connectivity index is 1.50. The Labute approximate surface area is 210 Å². The summed E-state index contributed by atoms with van der Waals surface area (Å²) < 4.78 is 28.0. The van der Waals surface area contributed by atoms with Crippen LogP contribution in [0.25, 0.3) is 5.65 Å². The standard InChI is InChI=1S/C24H29ClN6O3S/c1-16-13-22(29-10-5-6-11-29)26-23-15-20(27-31(16)23)21-7-3-4-12-30(21)24(32)18-14-17(25)8-9-19(18)28-35(2,33)34/h8-9,13-15,21,28H,3-7,10-12H2,1-2H3/t21-/m0/s1. The Kier molecular flexibility index (Phi) is 6.35. The molecule has 0 radical (unpaired) electrons. The van der Waals surface area contributed by atoms with E-state index in [2.05, 4.69) is 15.7 Å². The molecule has 1 N–H and O–H groups in total. The van der Waals surface area contributed by atoms with Crippen LogP contribution in [0.1, 0.15) is 59.9 Å². The van der Waals surface area contributed by atoms with Crippen molar-refractivity contribution in [3.05, 3.63) is 52.3 Å². The number of carbonyl (C=O) groups is 1. The van der Waals surface area contributed by atoms with E-state index in [1.807, 2.05) is 17.5 Å². The van der Waals surface area contributed by atoms with Crippen molar-refractivity contribution in [3.8, 4) is 0 Å². The minimum absolute atomic E-state index is 0.217. The molecule has 0 saturated carbocycles. The van der Waals surface area contributed by atoms with Crippen LogP contribution in [0.15, 0.2) is 30.3 Å². The van der Waals surface area contributed by atoms with Gasteiger partial charge in [0.25, 0.3) is 5.91 Å². The van der Waals surface area contributed by atoms with E-state index >= 15 is 0 Å². The van der Waals surface area contributed by atoms with E-state index in [1.54, 1.807) is 11.0 Å². The van der Waals surface area contributed by atoms with Gasteiger partial charge in [0.1, 0.15) is 5.82 Å². The lowest BCUT2D eigenvalue weighted by molar-refractivity contribution is 0.0607. The summed E-state index contributed by atoms with van der Waals surface area (Å²) in [5.41, 5.74) is 2.98. The molecule has 2 aromatic heterocycles. The van der Waals surface area contributed by atoms with Gasteiger partial charge in [-0.25, -0.2) is 17.9 Å². The molecule has 3 aromatic rings. The lowest BCUT2D eigenvalue weighted by Gasteiger charge is -2.35. The number of hydrogen-bond donors (Lipinski definition) is 1. The summed E-state index contributed by atoms with van der Waals surface area (Å²) in [4.78, 5) is 22.7. The van der Waals surface area contributed by atoms with E-state index in [0.717, 1.165) is 61.5 Å². The number of fused-ring (bicyclic) bond motifs is 1. The number of aryl methyl sites for hydroxylation is 1. The Hall–Kier alpha value is -2.85. The molecule has 35 heavy (non-hydrogen) atoms. The summed E-state index contributed by atoms with van der Waals surface area (Å²) in [6.07, 6.45) is 6.01. The van der Waals surface area contributed by atoms with Gasteiger partial charge < -0.3 is 9.80 Å². The number of anilines is 2. The molecule has 1 atom stereocenters. The predicted octanol–water partition coefficient (Wildman–Crippen LogP) is 4.03. The van der Waals surface area contributed by atoms with Gasteiger partial charge in [-0.2, -0.15) is 5.10 Å². The van der Waals surface area contributed by atoms with Gasteiger partial charge in [-0.1, -0.05) is 11.6 Å². The van der Waals surface area contributed by atoms with Gasteiger partial charge in [0.2, 0.25) is 10.0 Å². The van der Waals surface area contributed by atoms with Crippen molar-refractivity contribution in [1.29, 1.82) is 0 Å². The van der Waals surface area contributed by atoms with E-state index in [9.17, 15) is 13.2 Å². The van der Waals surface area contributed by atoms with Crippen LogP contribution in [0, 0.1) is 6.92 Å². The molecule has 5 rings (SSSR count). The monoisotopic (exact) mass is 516 g/mol. The zero-order valence-electron chi connectivity index (χ0n) is 19.9. The number of benzene rings is 1. The van der Waals surface area contributed by atoms with Crippen molar-refractivity contribution >= 4 is 44.7 Å². The molecule has 0 aliphatic carbocycles. The van der Waals surface area contributed by atoms with Gasteiger partial charge in [-0.3, -0.25) is 9.52 Å². The SMILES string of the molecule is Cc1cc(N2CCCC2)nc2cc([C@@H]3CCCCN3C(=O)c3cc(Cl)ccc3NS(C)(=O)=O)nn12. The van der Waals surface area contributed by atoms with Gasteiger partial charge in [0.05, 0.1) is 29.2 Å². The van der Waals surface area contributed by atoms with E-state index in [-0.39, 0.29) is 23.2 Å². The number of sulfonamides is 1. The van der Waals surface area contributed by atoms with Crippen LogP contribution in [0.4, 0.5) is 11.5 Å². The number of amides is 1. The minimum atomic E-state index is -3.57. The van der Waals surface area contributed by atoms with Crippen molar-refractivity contribution in [2.24, 2.45) is 0 Å². The van der Waals surface area contributed by atoms with Gasteiger partial charge in [0, 0.05) is 42.5 Å². The molecular formula is C24H29ClN6O3S. The van der Waals surface area contributed by atoms with Crippen molar-refractivity contribution in [2.75, 3.05) is 35.5 Å². The molecule has 0 unspecified atom stereocenters. The van der Waals surface area contributed by atoms with Crippen LogP contribution in [0.5, 0.6) is 0 Å². The summed E-state index contributed by atoms with van der Waals surface area (Å²) in [6, 6.07) is 8.39. The van der Waals surface area contributed by atoms with Crippen LogP contribution in [0.2, 0.25) is 5.02 Å². The largest absolute Gasteiger partial charge is 0.356 e. The molecule has 2 saturated heterocycles. The number of nitrogens with zero attached hydrogens (tertiary/aromatic N) is 5. The quantitative estimate of drug-likeness (QED) is 0.549. The molecule has 4 heterocycles. The first-order valence-corrected chi connectivity index (χ1v) is 14.2. The molecule has 186 valence electrons. The van der Waals surface area contributed by atoms with Gasteiger partial charge >= 0.3 is 0 Å². The molecule has 2 aliphatic rings. The molecule has 1 aromatic carbocycles. The van der Waals surface area contributed by atoms with Crippen LogP contribution in [0.3, 0.4) is 0 Å². The van der Waals surface area contributed by atoms with Gasteiger partial charge in [-0.05, 0) is 57.2 Å². The number of piperidine rings is 1. The van der Waals surface area contributed by atoms with Crippen molar-refractivity contribution in [2.45, 2.75) is 45.1 Å². The minimum Gasteiger partial charge on any atom is -0.356 e. The van der Waals surface area contributed by atoms with E-state index in [1.165, 1.54) is 25.0 Å². The maximum atomic E-state index is 13.7. The third-order valence-corrected chi connectivity index (χ3v) is 7.48. The maximum Gasteiger partial charge on any atom is 0.256 e. The average Bonchev–Trinajstić information content (AvgIpc) is 3.49. The smallest absolute Gasteiger partial charge is 0.256 e. The highest BCUT2D eigenvalue weighted by Gasteiger charge is 2.32. The summed E-state index contributed by atoms with van der Waals surface area (Å²) in [6.45, 7) is 4.59. The lowest BCUT2D eigenvalue weighted by atomic mass is 9.98. The zero-order chi connectivity index (χ0) is 24.7. The highest BCUT2D eigenvalue weighted by molar-refractivity contribution is 7.92. The van der Waals surface area contributed by atoms with Crippen molar-refractivity contribution in [3.63, 3.8) is 0 Å². The maximum absolute atomic E-state index is 13.7. The number of carbonyl (C=O) groups excluding carboxylic acids is 1. The van der Waals surface area contributed by atoms with E-state index < -0.39 is 10.0 Å². The molecule has 2 aliphatic heterocycles. The molecule has 9 nitrogen and oxygen atoms in total. The molecule has 2 fully saturated rings. The van der Waals surface area contributed by atoms with Crippen molar-refractivity contribution in [1.82, 2.24) is 19.5 Å². The number of rotatable bonds is 5. The fraction of sp³-hybridized carbons (Fsp3) is 0.458. The Morgan fingerprint density at radius 1 is 1.09 bits per heavy atom. The zero-order valence-corrected chi connectivity index (χ0v) is 21.4. The molecular weight excluding hydrogens is 488 g/mol. The third-order valence-electron chi connectivity index (χ3n) is 6.65. The summed E-state index contributed by atoms with van der Waals surface area (Å²) in [5.74, 6) is 0.689. The number of nitrogens with one attached hydrogen (secondary N) is 1. The summed E-state index contributed by atoms with van der Waals surface area (Å²) in [7, 11) is -3.57. The molecule has 1 amide bonds. The van der Waals surface area contributed by atoms with Crippen LogP contribution in [-0.2, 0) is 10.0 Å². The number of aromatic nitrogens is 3. The first-order chi connectivity index (χ1) is 16.7. The highest BCUT2D eigenvalue weighted by Crippen LogP contribution is 2.34. The Morgan fingerprint density at radius 2 is 1.83 bits per heavy atom. The second kappa shape index (κ2) is 9.31. The fourth-order valence-electron chi connectivity index (χ4n) is 5.02. The second-order valence-electron chi connectivity index (χ2n) is 9.36. The highest BCUT2D eigenvalue weighted by atomic mass is 35.5. The van der Waals surface area contributed by atoms with Crippen LogP contribution in [-0.4, -0.2) is 59.7 Å². The average molecular weight is 517 g/mol. The van der Waals surface area contributed by atoms with E-state index in [0.29, 0.717) is 11.6 Å². The van der Waals surface area contributed by atoms with Crippen LogP contribution >= 0.6 is 11.6 Å². The Bertz CT molecular complexity index is 1380. The lowest BCUT2D eigenvalue weighted by Crippen LogP contribution is -2.39. The molecule has 0 bridgehead atoms. The fourth-order valence-corrected chi connectivity index (χ4v) is 5.77. The van der Waals surface area contributed by atoms with Crippen LogP contribution < -0.4 is 9.62 Å². The first-order valence-electron chi connectivity index (χ1n) is 11.9. The second-order valence-corrected chi connectivity index (χ2v) is 11.5. The first kappa shape index (κ1) is 23.9. The molecule has 0 spiro atoms. The number of likely N-dealkylation sites (tertiary alicyclic amines) is 1. The summed E-state index contributed by atoms with van der Waals surface area (Å²) in [5, 5.41) is 5.20. The number of hydrogen-bond acceptors (Lipinski definition) is 6. The van der Waals surface area contributed by atoms with Gasteiger partial charge in [0.15, 0.2) is 5.65 Å². The van der Waals surface area contributed by atoms with Gasteiger partial charge in [-0.15, -0.1) is 0 Å². The normalized spacial score (nSPS) is 18.9. The third kappa shape index (κ3) is 4.95. The predicted molar refractivity (Wildman–Crippen MR) is 137 cm³/mol. The number of halogens is 1.